The molecule has 0 fully saturated rings. The first kappa shape index (κ1) is 75.2. The summed E-state index contributed by atoms with van der Waals surface area (Å²) >= 11 is 0. The zero-order valence-electron chi connectivity index (χ0n) is 43.2. The Labute approximate surface area is 356 Å². The Morgan fingerprint density at radius 1 is 0.291 bits per heavy atom. The minimum absolute atomic E-state index is 0. The summed E-state index contributed by atoms with van der Waals surface area (Å²) in [6, 6.07) is 0. The molecule has 0 amide bonds. The second-order valence-electron chi connectivity index (χ2n) is 19.1. The van der Waals surface area contributed by atoms with Crippen LogP contribution in [0.1, 0.15) is 289 Å². The maximum Gasteiger partial charge on any atom is 0.129 e. The molecule has 0 rings (SSSR count). The van der Waals surface area contributed by atoms with Gasteiger partial charge < -0.3 is 9.59 Å². The van der Waals surface area contributed by atoms with E-state index < -0.39 is 0 Å². The lowest BCUT2D eigenvalue weighted by atomic mass is 10.1. The predicted octanol–water partition coefficient (Wildman–Crippen LogP) is 20.1. The van der Waals surface area contributed by atoms with E-state index >= 15 is 0 Å². The highest BCUT2D eigenvalue weighted by Crippen LogP contribution is 2.07. The third kappa shape index (κ3) is 163. The molecule has 0 bridgehead atoms. The fourth-order valence-electron chi connectivity index (χ4n) is 4.98. The maximum atomic E-state index is 10.4. The summed E-state index contributed by atoms with van der Waals surface area (Å²) in [5.74, 6) is 7.50. The topological polar surface area (TPSA) is 34.1 Å². The van der Waals surface area contributed by atoms with Crippen LogP contribution in [0.3, 0.4) is 0 Å². The zero-order chi connectivity index (χ0) is 44.5. The van der Waals surface area contributed by atoms with E-state index in [9.17, 15) is 9.59 Å². The molecule has 0 atom stereocenters. The molecule has 2 heteroatoms. The summed E-state index contributed by atoms with van der Waals surface area (Å²) in [6.07, 6.45) is 22.2. The third-order valence-electron chi connectivity index (χ3n) is 7.82. The highest BCUT2D eigenvalue weighted by Gasteiger charge is 1.96. The van der Waals surface area contributed by atoms with Gasteiger partial charge in [0.15, 0.2) is 0 Å². The number of rotatable bonds is 20. The molecule has 0 unspecified atom stereocenters. The van der Waals surface area contributed by atoms with E-state index in [-0.39, 0.29) is 7.43 Å². The van der Waals surface area contributed by atoms with Crippen molar-refractivity contribution in [2.75, 3.05) is 0 Å². The Kier molecular flexibility index (Phi) is 89.2. The van der Waals surface area contributed by atoms with Crippen LogP contribution in [0, 0.1) is 47.3 Å². The molecule has 0 aromatic carbocycles. The summed E-state index contributed by atoms with van der Waals surface area (Å²) in [7, 11) is 0. The standard InChI is InChI=1S/2C8H16O.6C6H14.CH4/c2*1-7(2)5-4-6-8(3)9;6*1-4-5-6(2)3;/h2*7H,4-6H2,1-3H3;6*6H,4-5H2,1-3H3;1H4. The molecule has 0 aliphatic heterocycles. The van der Waals surface area contributed by atoms with Gasteiger partial charge in [-0.3, -0.25) is 0 Å². The quantitative estimate of drug-likeness (QED) is 0.123. The van der Waals surface area contributed by atoms with Gasteiger partial charge in [0.1, 0.15) is 11.6 Å². The van der Waals surface area contributed by atoms with Crippen molar-refractivity contribution in [2.24, 2.45) is 47.3 Å². The van der Waals surface area contributed by atoms with E-state index in [1.807, 2.05) is 0 Å². The van der Waals surface area contributed by atoms with E-state index in [4.69, 9.17) is 0 Å². The summed E-state index contributed by atoms with van der Waals surface area (Å²) in [4.78, 5) is 20.9. The Bertz CT molecular complexity index is 508. The molecule has 0 radical (unpaired) electrons. The van der Waals surface area contributed by atoms with Crippen molar-refractivity contribution in [2.45, 2.75) is 289 Å². The minimum Gasteiger partial charge on any atom is -0.300 e. The molecule has 0 heterocycles. The van der Waals surface area contributed by atoms with Crippen molar-refractivity contribution in [1.82, 2.24) is 0 Å². The Balaban J connectivity index is -0.0000000631. The number of Topliss-reactive ketones (excluding diaryl/α,β-unsaturated/α-hetero) is 2. The molecular weight excluding hydrogens is 669 g/mol. The fraction of sp³-hybridized carbons (Fsp3) is 0.962. The van der Waals surface area contributed by atoms with Gasteiger partial charge in [0.2, 0.25) is 0 Å². The van der Waals surface area contributed by atoms with Crippen LogP contribution < -0.4 is 0 Å². The molecule has 0 aromatic rings. The van der Waals surface area contributed by atoms with Crippen molar-refractivity contribution in [3.05, 3.63) is 0 Å². The van der Waals surface area contributed by atoms with Crippen LogP contribution in [0.4, 0.5) is 0 Å². The van der Waals surface area contributed by atoms with Gasteiger partial charge in [-0.05, 0) is 74.0 Å². The molecule has 0 aromatic heterocycles. The van der Waals surface area contributed by atoms with Crippen molar-refractivity contribution in [1.29, 1.82) is 0 Å². The van der Waals surface area contributed by atoms with Gasteiger partial charge in [0, 0.05) is 12.8 Å². The monoisotopic (exact) mass is 789 g/mol. The number of carbonyl (C=O) groups is 2. The highest BCUT2D eigenvalue weighted by molar-refractivity contribution is 5.75. The second-order valence-corrected chi connectivity index (χ2v) is 19.1. The van der Waals surface area contributed by atoms with Crippen molar-refractivity contribution >= 4 is 11.6 Å². The van der Waals surface area contributed by atoms with Gasteiger partial charge in [0.05, 0.1) is 0 Å². The van der Waals surface area contributed by atoms with Gasteiger partial charge in [-0.2, -0.15) is 0 Å². The smallest absolute Gasteiger partial charge is 0.129 e. The third-order valence-corrected chi connectivity index (χ3v) is 7.82. The summed E-state index contributed by atoms with van der Waals surface area (Å²) in [5.41, 5.74) is 0. The average Bonchev–Trinajstić information content (AvgIpc) is 2.98. The first-order chi connectivity index (χ1) is 24.9. The molecule has 55 heavy (non-hydrogen) atoms. The minimum atomic E-state index is 0. The van der Waals surface area contributed by atoms with Crippen LogP contribution in [0.2, 0.25) is 0 Å². The van der Waals surface area contributed by atoms with Crippen LogP contribution in [0.15, 0.2) is 0 Å². The molecule has 0 saturated heterocycles. The van der Waals surface area contributed by atoms with E-state index in [0.717, 1.165) is 73.0 Å². The van der Waals surface area contributed by atoms with Crippen molar-refractivity contribution < 1.29 is 9.59 Å². The molecule has 0 N–H and O–H groups in total. The fourth-order valence-corrected chi connectivity index (χ4v) is 4.98. The molecular formula is C53H120O2. The number of hydrogen-bond donors (Lipinski definition) is 0. The maximum absolute atomic E-state index is 10.4. The predicted molar refractivity (Wildman–Crippen MR) is 264 cm³/mol. The molecule has 0 spiro atoms. The first-order valence-electron chi connectivity index (χ1n) is 23.9. The lowest BCUT2D eigenvalue weighted by Gasteiger charge is -2.00. The first-order valence-corrected chi connectivity index (χ1v) is 23.9. The van der Waals surface area contributed by atoms with Crippen LogP contribution in [0.5, 0.6) is 0 Å². The van der Waals surface area contributed by atoms with Gasteiger partial charge in [-0.25, -0.2) is 0 Å². The number of ketones is 2. The van der Waals surface area contributed by atoms with E-state index in [2.05, 4.69) is 152 Å². The SMILES string of the molecule is C.CC(=O)CCCC(C)C.CC(=O)CCCC(C)C.CCCC(C)C.CCCC(C)C.CCCC(C)C.CCCC(C)C.CCCC(C)C.CCCC(C)C. The lowest BCUT2D eigenvalue weighted by Crippen LogP contribution is -1.92. The van der Waals surface area contributed by atoms with Crippen LogP contribution in [-0.4, -0.2) is 11.6 Å². The van der Waals surface area contributed by atoms with E-state index in [1.54, 1.807) is 13.8 Å². The molecule has 344 valence electrons. The zero-order valence-corrected chi connectivity index (χ0v) is 43.2. The summed E-state index contributed by atoms with van der Waals surface area (Å²) < 4.78 is 0. The summed E-state index contributed by atoms with van der Waals surface area (Å²) in [6.45, 7) is 52.4. The molecule has 2 nitrogen and oxygen atoms in total. The lowest BCUT2D eigenvalue weighted by molar-refractivity contribution is -0.118. The van der Waals surface area contributed by atoms with Gasteiger partial charge in [-0.1, -0.05) is 250 Å². The Morgan fingerprint density at radius 3 is 0.473 bits per heavy atom. The van der Waals surface area contributed by atoms with Crippen molar-refractivity contribution in [3.63, 3.8) is 0 Å². The van der Waals surface area contributed by atoms with Gasteiger partial charge in [0.25, 0.3) is 0 Å². The molecule has 0 saturated carbocycles. The molecule has 0 aliphatic carbocycles. The average molecular weight is 790 g/mol. The summed E-state index contributed by atoms with van der Waals surface area (Å²) in [5, 5.41) is 0. The highest BCUT2D eigenvalue weighted by atomic mass is 16.1. The molecule has 0 aliphatic rings. The van der Waals surface area contributed by atoms with E-state index in [1.165, 1.54) is 89.9 Å². The van der Waals surface area contributed by atoms with Gasteiger partial charge in [-0.15, -0.1) is 0 Å². The largest absolute Gasteiger partial charge is 0.300 e. The Hall–Kier alpha value is -0.660. The second kappa shape index (κ2) is 65.2. The number of carbonyl (C=O) groups excluding carboxylic acids is 2. The van der Waals surface area contributed by atoms with Gasteiger partial charge >= 0.3 is 0 Å². The van der Waals surface area contributed by atoms with Crippen molar-refractivity contribution in [3.8, 4) is 0 Å². The van der Waals surface area contributed by atoms with Crippen LogP contribution in [-0.2, 0) is 9.59 Å². The van der Waals surface area contributed by atoms with Crippen LogP contribution >= 0.6 is 0 Å². The Morgan fingerprint density at radius 2 is 0.418 bits per heavy atom. The normalized spacial score (nSPS) is 9.89. The number of hydrogen-bond acceptors (Lipinski definition) is 2. The van der Waals surface area contributed by atoms with E-state index in [0.29, 0.717) is 11.6 Å². The van der Waals surface area contributed by atoms with Crippen LogP contribution in [0.25, 0.3) is 0 Å².